The minimum absolute atomic E-state index is 0.166. The second-order valence-corrected chi connectivity index (χ2v) is 3.78. The van der Waals surface area contributed by atoms with Crippen LogP contribution < -0.4 is 14.8 Å². The lowest BCUT2D eigenvalue weighted by atomic mass is 10.2. The number of aromatic nitrogens is 2. The number of nitrogens with one attached hydrogen (secondary N) is 1. The fourth-order valence-corrected chi connectivity index (χ4v) is 1.45. The predicted molar refractivity (Wildman–Crippen MR) is 63.8 cm³/mol. The van der Waals surface area contributed by atoms with Gasteiger partial charge < -0.3 is 19.5 Å². The van der Waals surface area contributed by atoms with Gasteiger partial charge in [0, 0.05) is 0 Å². The average molecular weight is 295 g/mol. The Morgan fingerprint density at radius 3 is 2.50 bits per heavy atom. The lowest BCUT2D eigenvalue weighted by Crippen LogP contribution is -2.27. The number of halogens is 3. The van der Waals surface area contributed by atoms with Crippen LogP contribution in [0.2, 0.25) is 0 Å². The summed E-state index contributed by atoms with van der Waals surface area (Å²) in [6.45, 7) is -1.54. The van der Waals surface area contributed by atoms with Crippen molar-refractivity contribution in [3.8, 4) is 11.8 Å². The molecule has 0 amide bonds. The van der Waals surface area contributed by atoms with E-state index in [4.69, 9.17) is 9.47 Å². The molecular formula is C11H16F3N3O3. The molecule has 0 aliphatic rings. The Morgan fingerprint density at radius 1 is 1.30 bits per heavy atom. The van der Waals surface area contributed by atoms with Gasteiger partial charge in [-0.15, -0.1) is 0 Å². The van der Waals surface area contributed by atoms with Crippen molar-refractivity contribution < 1.29 is 27.4 Å². The maximum atomic E-state index is 12.0. The van der Waals surface area contributed by atoms with Gasteiger partial charge in [-0.2, -0.15) is 18.2 Å². The highest BCUT2D eigenvalue weighted by atomic mass is 19.4. The first-order valence-corrected chi connectivity index (χ1v) is 5.68. The quantitative estimate of drug-likeness (QED) is 0.819. The first-order chi connectivity index (χ1) is 9.41. The van der Waals surface area contributed by atoms with Crippen molar-refractivity contribution in [3.05, 3.63) is 11.9 Å². The summed E-state index contributed by atoms with van der Waals surface area (Å²) in [7, 11) is 4.38. The van der Waals surface area contributed by atoms with Gasteiger partial charge in [0.25, 0.3) is 0 Å². The first-order valence-electron chi connectivity index (χ1n) is 5.68. The monoisotopic (exact) mass is 295 g/mol. The highest BCUT2D eigenvalue weighted by molar-refractivity contribution is 5.25. The summed E-state index contributed by atoms with van der Waals surface area (Å²) in [5.74, 6) is 0.413. The number of rotatable bonds is 7. The molecule has 1 aromatic heterocycles. The van der Waals surface area contributed by atoms with Crippen LogP contribution in [0.3, 0.4) is 0 Å². The topological polar surface area (TPSA) is 65.5 Å². The molecule has 0 saturated carbocycles. The first kappa shape index (κ1) is 16.4. The molecule has 0 spiro atoms. The van der Waals surface area contributed by atoms with Crippen molar-refractivity contribution in [2.45, 2.75) is 12.2 Å². The lowest BCUT2D eigenvalue weighted by Gasteiger charge is -2.18. The molecule has 114 valence electrons. The summed E-state index contributed by atoms with van der Waals surface area (Å²) in [6.07, 6.45) is -3.01. The number of hydrogen-bond acceptors (Lipinski definition) is 6. The number of hydrogen-bond donors (Lipinski definition) is 1. The number of ether oxygens (including phenoxy) is 3. The van der Waals surface area contributed by atoms with E-state index in [0.717, 1.165) is 0 Å². The normalized spacial score (nSPS) is 13.1. The minimum atomic E-state index is -4.37. The van der Waals surface area contributed by atoms with Crippen LogP contribution >= 0.6 is 0 Å². The largest absolute Gasteiger partial charge is 0.480 e. The molecule has 0 saturated heterocycles. The van der Waals surface area contributed by atoms with Crippen molar-refractivity contribution in [2.24, 2.45) is 0 Å². The molecule has 0 fully saturated rings. The van der Waals surface area contributed by atoms with E-state index in [0.29, 0.717) is 5.69 Å². The summed E-state index contributed by atoms with van der Waals surface area (Å²) in [6, 6.07) is -0.578. The van der Waals surface area contributed by atoms with Gasteiger partial charge in [0.15, 0.2) is 0 Å². The second-order valence-electron chi connectivity index (χ2n) is 3.78. The molecule has 1 rings (SSSR count). The van der Waals surface area contributed by atoms with Gasteiger partial charge >= 0.3 is 6.18 Å². The fraction of sp³-hybridized carbons (Fsp3) is 0.636. The van der Waals surface area contributed by atoms with E-state index in [1.54, 1.807) is 7.05 Å². The molecule has 1 N–H and O–H groups in total. The third-order valence-electron chi connectivity index (χ3n) is 2.38. The smallest absolute Gasteiger partial charge is 0.411 e. The average Bonchev–Trinajstić information content (AvgIpc) is 2.42. The summed E-state index contributed by atoms with van der Waals surface area (Å²) in [5.41, 5.74) is 0.345. The summed E-state index contributed by atoms with van der Waals surface area (Å²) in [4.78, 5) is 8.08. The van der Waals surface area contributed by atoms with Crippen LogP contribution in [0.5, 0.6) is 11.8 Å². The Balaban J connectivity index is 2.78. The van der Waals surface area contributed by atoms with E-state index in [2.05, 4.69) is 20.0 Å². The number of likely N-dealkylation sites (N-methyl/N-ethyl adjacent to an activating group) is 1. The highest BCUT2D eigenvalue weighted by Crippen LogP contribution is 2.24. The van der Waals surface area contributed by atoms with Crippen molar-refractivity contribution in [1.82, 2.24) is 15.3 Å². The zero-order valence-electron chi connectivity index (χ0n) is 11.3. The second kappa shape index (κ2) is 7.25. The molecule has 0 bridgehead atoms. The number of methoxy groups -OCH3 is 2. The van der Waals surface area contributed by atoms with E-state index in [1.165, 1.54) is 20.4 Å². The van der Waals surface area contributed by atoms with Crippen LogP contribution in [0.4, 0.5) is 13.2 Å². The van der Waals surface area contributed by atoms with Crippen LogP contribution in [0, 0.1) is 0 Å². The maximum Gasteiger partial charge on any atom is 0.411 e. The van der Waals surface area contributed by atoms with Gasteiger partial charge in [-0.25, -0.2) is 4.98 Å². The van der Waals surface area contributed by atoms with Crippen molar-refractivity contribution in [2.75, 3.05) is 34.5 Å². The van der Waals surface area contributed by atoms with E-state index in [-0.39, 0.29) is 18.4 Å². The molecule has 20 heavy (non-hydrogen) atoms. The summed E-state index contributed by atoms with van der Waals surface area (Å²) >= 11 is 0. The van der Waals surface area contributed by atoms with E-state index in [1.807, 2.05) is 0 Å². The molecule has 9 heteroatoms. The summed E-state index contributed by atoms with van der Waals surface area (Å²) < 4.78 is 50.7. The Bertz CT molecular complexity index is 429. The molecule has 0 aliphatic heterocycles. The third kappa shape index (κ3) is 4.82. The lowest BCUT2D eigenvalue weighted by molar-refractivity contribution is -0.175. The SMILES string of the molecule is CNC(COCC(F)(F)F)c1ncc(OC)nc1OC. The van der Waals surface area contributed by atoms with Crippen LogP contribution in [-0.4, -0.2) is 50.6 Å². The van der Waals surface area contributed by atoms with Gasteiger partial charge in [-0.1, -0.05) is 0 Å². The molecule has 1 unspecified atom stereocenters. The molecule has 6 nitrogen and oxygen atoms in total. The molecular weight excluding hydrogens is 279 g/mol. The Hall–Kier alpha value is -1.61. The van der Waals surface area contributed by atoms with Crippen LogP contribution in [0.1, 0.15) is 11.7 Å². The van der Waals surface area contributed by atoms with Crippen LogP contribution in [0.15, 0.2) is 6.20 Å². The Labute approximate surface area is 114 Å². The fourth-order valence-electron chi connectivity index (χ4n) is 1.45. The molecule has 0 radical (unpaired) electrons. The molecule has 0 aliphatic carbocycles. The minimum Gasteiger partial charge on any atom is -0.480 e. The standard InChI is InChI=1S/C11H16F3N3O3/c1-15-7(5-20-6-11(12,13)14)9-10(19-3)17-8(18-2)4-16-9/h4,7,15H,5-6H2,1-3H3. The Kier molecular flexibility index (Phi) is 5.96. The molecule has 1 atom stereocenters. The number of alkyl halides is 3. The van der Waals surface area contributed by atoms with E-state index in [9.17, 15) is 13.2 Å². The zero-order chi connectivity index (χ0) is 15.2. The maximum absolute atomic E-state index is 12.0. The van der Waals surface area contributed by atoms with Crippen molar-refractivity contribution >= 4 is 0 Å². The molecule has 1 aromatic rings. The zero-order valence-corrected chi connectivity index (χ0v) is 11.3. The van der Waals surface area contributed by atoms with Gasteiger partial charge in [0.2, 0.25) is 11.8 Å². The summed E-state index contributed by atoms with van der Waals surface area (Å²) in [5, 5.41) is 2.80. The van der Waals surface area contributed by atoms with E-state index >= 15 is 0 Å². The van der Waals surface area contributed by atoms with Gasteiger partial charge in [0.05, 0.1) is 33.1 Å². The molecule has 0 aromatic carbocycles. The predicted octanol–water partition coefficient (Wildman–Crippen LogP) is 1.33. The highest BCUT2D eigenvalue weighted by Gasteiger charge is 2.28. The van der Waals surface area contributed by atoms with Gasteiger partial charge in [0.1, 0.15) is 12.3 Å². The molecule has 1 heterocycles. The van der Waals surface area contributed by atoms with Gasteiger partial charge in [-0.05, 0) is 7.05 Å². The van der Waals surface area contributed by atoms with Crippen LogP contribution in [-0.2, 0) is 4.74 Å². The van der Waals surface area contributed by atoms with Crippen molar-refractivity contribution in [1.29, 1.82) is 0 Å². The van der Waals surface area contributed by atoms with Crippen molar-refractivity contribution in [3.63, 3.8) is 0 Å². The third-order valence-corrected chi connectivity index (χ3v) is 2.38. The van der Waals surface area contributed by atoms with E-state index < -0.39 is 18.8 Å². The Morgan fingerprint density at radius 2 is 2.00 bits per heavy atom. The van der Waals surface area contributed by atoms with Crippen LogP contribution in [0.25, 0.3) is 0 Å². The van der Waals surface area contributed by atoms with Gasteiger partial charge in [-0.3, -0.25) is 0 Å². The number of nitrogens with zero attached hydrogens (tertiary/aromatic N) is 2.